The summed E-state index contributed by atoms with van der Waals surface area (Å²) in [6, 6.07) is 0. The zero-order valence-corrected chi connectivity index (χ0v) is 14.2. The molecule has 0 aromatic rings. The molecule has 122 valence electrons. The van der Waals surface area contributed by atoms with E-state index in [9.17, 15) is 4.79 Å². The lowest BCUT2D eigenvalue weighted by Gasteiger charge is -2.33. The molecule has 1 heterocycles. The van der Waals surface area contributed by atoms with Gasteiger partial charge in [-0.1, -0.05) is 6.92 Å². The SMILES string of the molecule is CCNC(=NCCC(=O)N(CC)CC)N1CCCC(C)C1. The Morgan fingerprint density at radius 1 is 1.33 bits per heavy atom. The lowest BCUT2D eigenvalue weighted by atomic mass is 10.0. The summed E-state index contributed by atoms with van der Waals surface area (Å²) in [6.45, 7) is 13.6. The Bertz CT molecular complexity index is 339. The molecule has 21 heavy (non-hydrogen) atoms. The fraction of sp³-hybridized carbons (Fsp3) is 0.875. The van der Waals surface area contributed by atoms with Crippen LogP contribution in [0.3, 0.4) is 0 Å². The molecule has 1 aliphatic heterocycles. The van der Waals surface area contributed by atoms with Gasteiger partial charge < -0.3 is 15.1 Å². The van der Waals surface area contributed by atoms with Gasteiger partial charge in [0.25, 0.3) is 0 Å². The van der Waals surface area contributed by atoms with Crippen LogP contribution in [0.2, 0.25) is 0 Å². The van der Waals surface area contributed by atoms with Crippen molar-refractivity contribution in [2.24, 2.45) is 10.9 Å². The Morgan fingerprint density at radius 3 is 2.62 bits per heavy atom. The molecule has 1 N–H and O–H groups in total. The monoisotopic (exact) mass is 296 g/mol. The molecule has 1 atom stereocenters. The number of piperidine rings is 1. The number of nitrogens with one attached hydrogen (secondary N) is 1. The number of amides is 1. The predicted octanol–water partition coefficient (Wildman–Crippen LogP) is 1.94. The van der Waals surface area contributed by atoms with E-state index in [4.69, 9.17) is 0 Å². The van der Waals surface area contributed by atoms with Crippen LogP contribution >= 0.6 is 0 Å². The van der Waals surface area contributed by atoms with Crippen molar-refractivity contribution in [2.45, 2.75) is 47.0 Å². The van der Waals surface area contributed by atoms with Crippen molar-refractivity contribution in [3.05, 3.63) is 0 Å². The molecule has 0 aromatic carbocycles. The molecule has 1 saturated heterocycles. The first-order valence-corrected chi connectivity index (χ1v) is 8.43. The van der Waals surface area contributed by atoms with Crippen LogP contribution in [-0.4, -0.2) is 60.9 Å². The summed E-state index contributed by atoms with van der Waals surface area (Å²) in [7, 11) is 0. The summed E-state index contributed by atoms with van der Waals surface area (Å²) < 4.78 is 0. The molecule has 0 bridgehead atoms. The highest BCUT2D eigenvalue weighted by atomic mass is 16.2. The quantitative estimate of drug-likeness (QED) is 0.602. The van der Waals surface area contributed by atoms with Crippen LogP contribution in [0.1, 0.15) is 47.0 Å². The minimum atomic E-state index is 0.201. The third-order valence-corrected chi connectivity index (χ3v) is 3.99. The Labute approximate surface area is 129 Å². The zero-order valence-electron chi connectivity index (χ0n) is 14.2. The number of aliphatic imine (C=N–C) groups is 1. The number of hydrogen-bond acceptors (Lipinski definition) is 2. The standard InChI is InChI=1S/C16H32N4O/c1-5-17-16(20-12-8-9-14(4)13-20)18-11-10-15(21)19(6-2)7-3/h14H,5-13H2,1-4H3,(H,17,18). The van der Waals surface area contributed by atoms with Crippen molar-refractivity contribution < 1.29 is 4.79 Å². The lowest BCUT2D eigenvalue weighted by Crippen LogP contribution is -2.46. The van der Waals surface area contributed by atoms with Gasteiger partial charge in [-0.15, -0.1) is 0 Å². The Morgan fingerprint density at radius 2 is 2.05 bits per heavy atom. The van der Waals surface area contributed by atoms with Crippen molar-refractivity contribution in [2.75, 3.05) is 39.3 Å². The highest BCUT2D eigenvalue weighted by Crippen LogP contribution is 2.15. The van der Waals surface area contributed by atoms with Crippen LogP contribution in [0.4, 0.5) is 0 Å². The number of guanidine groups is 1. The molecule has 0 radical (unpaired) electrons. The van der Waals surface area contributed by atoms with E-state index in [2.05, 4.69) is 29.1 Å². The third kappa shape index (κ3) is 5.94. The second-order valence-electron chi connectivity index (χ2n) is 5.75. The molecule has 5 nitrogen and oxygen atoms in total. The van der Waals surface area contributed by atoms with Crippen molar-refractivity contribution in [3.63, 3.8) is 0 Å². The molecule has 5 heteroatoms. The van der Waals surface area contributed by atoms with Gasteiger partial charge in [0, 0.05) is 39.1 Å². The van der Waals surface area contributed by atoms with E-state index in [1.165, 1.54) is 12.8 Å². The largest absolute Gasteiger partial charge is 0.357 e. The molecule has 0 aromatic heterocycles. The van der Waals surface area contributed by atoms with Gasteiger partial charge in [0.05, 0.1) is 6.54 Å². The minimum absolute atomic E-state index is 0.201. The Kier molecular flexibility index (Phi) is 8.16. The van der Waals surface area contributed by atoms with Crippen LogP contribution < -0.4 is 5.32 Å². The molecular weight excluding hydrogens is 264 g/mol. The van der Waals surface area contributed by atoms with Gasteiger partial charge in [-0.2, -0.15) is 0 Å². The Balaban J connectivity index is 2.53. The van der Waals surface area contributed by atoms with Crippen molar-refractivity contribution in [3.8, 4) is 0 Å². The fourth-order valence-electron chi connectivity index (χ4n) is 2.80. The molecule has 1 rings (SSSR count). The van der Waals surface area contributed by atoms with Crippen LogP contribution in [0.25, 0.3) is 0 Å². The molecule has 0 spiro atoms. The second kappa shape index (κ2) is 9.64. The van der Waals surface area contributed by atoms with E-state index < -0.39 is 0 Å². The highest BCUT2D eigenvalue weighted by Gasteiger charge is 2.19. The average molecular weight is 296 g/mol. The van der Waals surface area contributed by atoms with Gasteiger partial charge in [0.2, 0.25) is 5.91 Å². The summed E-state index contributed by atoms with van der Waals surface area (Å²) in [5.74, 6) is 1.89. The van der Waals surface area contributed by atoms with E-state index in [0.717, 1.165) is 44.6 Å². The lowest BCUT2D eigenvalue weighted by molar-refractivity contribution is -0.130. The first-order chi connectivity index (χ1) is 10.1. The number of rotatable bonds is 6. The van der Waals surface area contributed by atoms with Gasteiger partial charge in [-0.3, -0.25) is 9.79 Å². The first-order valence-electron chi connectivity index (χ1n) is 8.43. The summed E-state index contributed by atoms with van der Waals surface area (Å²) in [6.07, 6.45) is 3.03. The minimum Gasteiger partial charge on any atom is -0.357 e. The molecule has 1 amide bonds. The van der Waals surface area contributed by atoms with Crippen molar-refractivity contribution in [1.82, 2.24) is 15.1 Å². The number of carbonyl (C=O) groups excluding carboxylic acids is 1. The maximum atomic E-state index is 12.0. The first kappa shape index (κ1) is 17.8. The summed E-state index contributed by atoms with van der Waals surface area (Å²) >= 11 is 0. The molecule has 1 unspecified atom stereocenters. The highest BCUT2D eigenvalue weighted by molar-refractivity contribution is 5.81. The van der Waals surface area contributed by atoms with E-state index in [1.54, 1.807) is 0 Å². The average Bonchev–Trinajstić information content (AvgIpc) is 2.47. The normalized spacial score (nSPS) is 19.5. The zero-order chi connectivity index (χ0) is 15.7. The van der Waals surface area contributed by atoms with Crippen LogP contribution in [0.5, 0.6) is 0 Å². The van der Waals surface area contributed by atoms with E-state index in [-0.39, 0.29) is 5.91 Å². The van der Waals surface area contributed by atoms with Crippen LogP contribution in [0.15, 0.2) is 4.99 Å². The number of nitrogens with zero attached hydrogens (tertiary/aromatic N) is 3. The number of carbonyl (C=O) groups is 1. The molecule has 0 aliphatic carbocycles. The second-order valence-corrected chi connectivity index (χ2v) is 5.75. The maximum absolute atomic E-state index is 12.0. The van der Waals surface area contributed by atoms with Crippen molar-refractivity contribution >= 4 is 11.9 Å². The molecular formula is C16H32N4O. The van der Waals surface area contributed by atoms with Gasteiger partial charge in [-0.05, 0) is 39.5 Å². The summed E-state index contributed by atoms with van der Waals surface area (Å²) in [5, 5.41) is 3.35. The Hall–Kier alpha value is -1.26. The predicted molar refractivity (Wildman–Crippen MR) is 88.5 cm³/mol. The maximum Gasteiger partial charge on any atom is 0.224 e. The van der Waals surface area contributed by atoms with Gasteiger partial charge in [0.1, 0.15) is 0 Å². The molecule has 1 fully saturated rings. The fourth-order valence-corrected chi connectivity index (χ4v) is 2.80. The number of likely N-dealkylation sites (tertiary alicyclic amines) is 1. The topological polar surface area (TPSA) is 47.9 Å². The summed E-state index contributed by atoms with van der Waals surface area (Å²) in [5.41, 5.74) is 0. The third-order valence-electron chi connectivity index (χ3n) is 3.99. The van der Waals surface area contributed by atoms with Gasteiger partial charge >= 0.3 is 0 Å². The van der Waals surface area contributed by atoms with Crippen molar-refractivity contribution in [1.29, 1.82) is 0 Å². The molecule has 0 saturated carbocycles. The van der Waals surface area contributed by atoms with Crippen LogP contribution in [-0.2, 0) is 4.79 Å². The van der Waals surface area contributed by atoms with E-state index >= 15 is 0 Å². The smallest absolute Gasteiger partial charge is 0.224 e. The number of hydrogen-bond donors (Lipinski definition) is 1. The molecule has 1 aliphatic rings. The van der Waals surface area contributed by atoms with Crippen LogP contribution in [0, 0.1) is 5.92 Å². The van der Waals surface area contributed by atoms with E-state index in [0.29, 0.717) is 13.0 Å². The van der Waals surface area contributed by atoms with Gasteiger partial charge in [0.15, 0.2) is 5.96 Å². The summed E-state index contributed by atoms with van der Waals surface area (Å²) in [4.78, 5) is 20.8. The van der Waals surface area contributed by atoms with E-state index in [1.807, 2.05) is 18.7 Å². The van der Waals surface area contributed by atoms with Gasteiger partial charge in [-0.25, -0.2) is 0 Å².